The molecule has 1 aromatic heterocycles. The van der Waals surface area contributed by atoms with Crippen molar-refractivity contribution in [1.29, 1.82) is 0 Å². The number of hydrogen-bond donors (Lipinski definition) is 2. The smallest absolute Gasteiger partial charge is 0.224 e. The van der Waals surface area contributed by atoms with Gasteiger partial charge in [0.2, 0.25) is 5.91 Å². The SMILES string of the molecule is Cl.O=C(CCC1CCNC1)Nc1cccc(-c2cccs2)c1. The van der Waals surface area contributed by atoms with Gasteiger partial charge in [-0.05, 0) is 61.0 Å². The van der Waals surface area contributed by atoms with Crippen LogP contribution in [0.2, 0.25) is 0 Å². The summed E-state index contributed by atoms with van der Waals surface area (Å²) in [5.74, 6) is 0.776. The topological polar surface area (TPSA) is 41.1 Å². The van der Waals surface area contributed by atoms with Crippen molar-refractivity contribution in [2.75, 3.05) is 18.4 Å². The molecule has 1 aliphatic heterocycles. The van der Waals surface area contributed by atoms with E-state index in [1.807, 2.05) is 24.3 Å². The van der Waals surface area contributed by atoms with E-state index in [1.54, 1.807) is 11.3 Å². The van der Waals surface area contributed by atoms with E-state index in [-0.39, 0.29) is 18.3 Å². The molecule has 1 amide bonds. The monoisotopic (exact) mass is 336 g/mol. The molecular formula is C17H21ClN2OS. The first-order valence-electron chi connectivity index (χ1n) is 7.46. The Kier molecular flexibility index (Phi) is 6.43. The van der Waals surface area contributed by atoms with E-state index in [0.29, 0.717) is 12.3 Å². The van der Waals surface area contributed by atoms with Gasteiger partial charge in [0.15, 0.2) is 0 Å². The van der Waals surface area contributed by atoms with Gasteiger partial charge in [-0.2, -0.15) is 0 Å². The lowest BCUT2D eigenvalue weighted by atomic mass is 10.0. The fraction of sp³-hybridized carbons (Fsp3) is 0.353. The molecule has 1 unspecified atom stereocenters. The van der Waals surface area contributed by atoms with Gasteiger partial charge in [-0.3, -0.25) is 4.79 Å². The van der Waals surface area contributed by atoms with Crippen LogP contribution in [0.3, 0.4) is 0 Å². The standard InChI is InChI=1S/C17H20N2OS.ClH/c20-17(7-6-13-8-9-18-12-13)19-15-4-1-3-14(11-15)16-5-2-10-21-16;/h1-5,10-11,13,18H,6-9,12H2,(H,19,20);1H. The Morgan fingerprint density at radius 2 is 2.23 bits per heavy atom. The molecule has 1 atom stereocenters. The van der Waals surface area contributed by atoms with Gasteiger partial charge in [0.1, 0.15) is 0 Å². The van der Waals surface area contributed by atoms with E-state index in [4.69, 9.17) is 0 Å². The van der Waals surface area contributed by atoms with Crippen LogP contribution in [0.5, 0.6) is 0 Å². The molecule has 1 aliphatic rings. The molecule has 118 valence electrons. The molecule has 2 heterocycles. The molecule has 0 radical (unpaired) electrons. The van der Waals surface area contributed by atoms with E-state index in [2.05, 4.69) is 28.1 Å². The fourth-order valence-corrected chi connectivity index (χ4v) is 3.44. The zero-order valence-electron chi connectivity index (χ0n) is 12.4. The van der Waals surface area contributed by atoms with Gasteiger partial charge in [0.05, 0.1) is 0 Å². The summed E-state index contributed by atoms with van der Waals surface area (Å²) in [4.78, 5) is 13.3. The molecule has 0 spiro atoms. The third-order valence-electron chi connectivity index (χ3n) is 3.89. The summed E-state index contributed by atoms with van der Waals surface area (Å²) in [5.41, 5.74) is 2.04. The average molecular weight is 337 g/mol. The second-order valence-corrected chi connectivity index (χ2v) is 6.45. The number of anilines is 1. The van der Waals surface area contributed by atoms with E-state index in [0.717, 1.165) is 30.8 Å². The van der Waals surface area contributed by atoms with Crippen molar-refractivity contribution in [3.63, 3.8) is 0 Å². The maximum atomic E-state index is 12.0. The fourth-order valence-electron chi connectivity index (χ4n) is 2.71. The lowest BCUT2D eigenvalue weighted by molar-refractivity contribution is -0.116. The Morgan fingerprint density at radius 3 is 2.95 bits per heavy atom. The van der Waals surface area contributed by atoms with Gasteiger partial charge in [-0.25, -0.2) is 0 Å². The number of thiophene rings is 1. The predicted octanol–water partition coefficient (Wildman–Crippen LogP) is 4.17. The maximum Gasteiger partial charge on any atom is 0.224 e. The normalized spacial score (nSPS) is 17.0. The van der Waals surface area contributed by atoms with E-state index in [9.17, 15) is 4.79 Å². The van der Waals surface area contributed by atoms with Crippen molar-refractivity contribution in [3.05, 3.63) is 41.8 Å². The summed E-state index contributed by atoms with van der Waals surface area (Å²) in [7, 11) is 0. The maximum absolute atomic E-state index is 12.0. The molecule has 1 aromatic carbocycles. The molecular weight excluding hydrogens is 316 g/mol. The zero-order valence-corrected chi connectivity index (χ0v) is 14.0. The average Bonchev–Trinajstić information content (AvgIpc) is 3.19. The highest BCUT2D eigenvalue weighted by Crippen LogP contribution is 2.27. The molecule has 0 bridgehead atoms. The highest BCUT2D eigenvalue weighted by molar-refractivity contribution is 7.13. The molecule has 0 saturated carbocycles. The van der Waals surface area contributed by atoms with Crippen LogP contribution in [0.1, 0.15) is 19.3 Å². The summed E-state index contributed by atoms with van der Waals surface area (Å²) in [5, 5.41) is 8.42. The number of carbonyl (C=O) groups excluding carboxylic acids is 1. The van der Waals surface area contributed by atoms with Crippen molar-refractivity contribution in [3.8, 4) is 10.4 Å². The van der Waals surface area contributed by atoms with Crippen LogP contribution >= 0.6 is 23.7 Å². The first-order chi connectivity index (χ1) is 10.3. The first-order valence-corrected chi connectivity index (χ1v) is 8.34. The summed E-state index contributed by atoms with van der Waals surface area (Å²) < 4.78 is 0. The molecule has 5 heteroatoms. The van der Waals surface area contributed by atoms with Crippen LogP contribution in [0.15, 0.2) is 41.8 Å². The second kappa shape index (κ2) is 8.32. The second-order valence-electron chi connectivity index (χ2n) is 5.50. The lowest BCUT2D eigenvalue weighted by Gasteiger charge is -2.09. The van der Waals surface area contributed by atoms with Crippen LogP contribution in [-0.4, -0.2) is 19.0 Å². The van der Waals surface area contributed by atoms with Crippen molar-refractivity contribution in [1.82, 2.24) is 5.32 Å². The number of amides is 1. The van der Waals surface area contributed by atoms with Crippen LogP contribution in [0.25, 0.3) is 10.4 Å². The minimum atomic E-state index is 0. The third-order valence-corrected chi connectivity index (χ3v) is 4.81. The van der Waals surface area contributed by atoms with E-state index in [1.165, 1.54) is 11.3 Å². The molecule has 3 rings (SSSR count). The molecule has 0 aliphatic carbocycles. The van der Waals surface area contributed by atoms with Gasteiger partial charge >= 0.3 is 0 Å². The lowest BCUT2D eigenvalue weighted by Crippen LogP contribution is -2.15. The van der Waals surface area contributed by atoms with Gasteiger partial charge in [0.25, 0.3) is 0 Å². The van der Waals surface area contributed by atoms with Crippen LogP contribution in [0, 0.1) is 5.92 Å². The van der Waals surface area contributed by atoms with Crippen LogP contribution in [-0.2, 0) is 4.79 Å². The molecule has 2 aromatic rings. The Bertz CT molecular complexity index is 594. The van der Waals surface area contributed by atoms with Crippen molar-refractivity contribution in [2.45, 2.75) is 19.3 Å². The number of hydrogen-bond acceptors (Lipinski definition) is 3. The van der Waals surface area contributed by atoms with Gasteiger partial charge in [0, 0.05) is 17.0 Å². The number of benzene rings is 1. The Balaban J connectivity index is 0.00000176. The number of carbonyl (C=O) groups is 1. The Morgan fingerprint density at radius 1 is 1.32 bits per heavy atom. The number of rotatable bonds is 5. The zero-order chi connectivity index (χ0) is 14.5. The number of nitrogens with one attached hydrogen (secondary N) is 2. The Hall–Kier alpha value is -1.36. The van der Waals surface area contributed by atoms with Crippen LogP contribution in [0.4, 0.5) is 5.69 Å². The highest BCUT2D eigenvalue weighted by Gasteiger charge is 2.15. The van der Waals surface area contributed by atoms with Crippen molar-refractivity contribution in [2.24, 2.45) is 5.92 Å². The number of halogens is 1. The van der Waals surface area contributed by atoms with Gasteiger partial charge in [-0.1, -0.05) is 18.2 Å². The molecule has 1 saturated heterocycles. The van der Waals surface area contributed by atoms with Crippen molar-refractivity contribution >= 4 is 35.3 Å². The van der Waals surface area contributed by atoms with E-state index >= 15 is 0 Å². The van der Waals surface area contributed by atoms with Crippen LogP contribution < -0.4 is 10.6 Å². The summed E-state index contributed by atoms with van der Waals surface area (Å²) >= 11 is 1.71. The van der Waals surface area contributed by atoms with Gasteiger partial charge in [-0.15, -0.1) is 23.7 Å². The third kappa shape index (κ3) is 4.57. The highest BCUT2D eigenvalue weighted by atomic mass is 35.5. The summed E-state index contributed by atoms with van der Waals surface area (Å²) in [6, 6.07) is 12.2. The predicted molar refractivity (Wildman–Crippen MR) is 95.8 cm³/mol. The van der Waals surface area contributed by atoms with E-state index < -0.39 is 0 Å². The summed E-state index contributed by atoms with van der Waals surface area (Å²) in [6.07, 6.45) is 2.78. The molecule has 1 fully saturated rings. The molecule has 22 heavy (non-hydrogen) atoms. The van der Waals surface area contributed by atoms with Crippen molar-refractivity contribution < 1.29 is 4.79 Å². The first kappa shape index (κ1) is 17.0. The van der Waals surface area contributed by atoms with Gasteiger partial charge < -0.3 is 10.6 Å². The molecule has 3 nitrogen and oxygen atoms in total. The minimum absolute atomic E-state index is 0. The minimum Gasteiger partial charge on any atom is -0.326 e. The summed E-state index contributed by atoms with van der Waals surface area (Å²) in [6.45, 7) is 2.15. The largest absolute Gasteiger partial charge is 0.326 e. The molecule has 2 N–H and O–H groups in total. The quantitative estimate of drug-likeness (QED) is 0.860. The Labute approximate surface area is 141 Å².